The summed E-state index contributed by atoms with van der Waals surface area (Å²) in [6.45, 7) is 4.14. The van der Waals surface area contributed by atoms with Crippen LogP contribution in [0, 0.1) is 24.5 Å². The van der Waals surface area contributed by atoms with E-state index in [1.165, 1.54) is 29.8 Å². The Kier molecular flexibility index (Phi) is 5.67. The number of carbonyl (C=O) groups is 1. The molecule has 1 aliphatic rings. The van der Waals surface area contributed by atoms with Gasteiger partial charge in [-0.05, 0) is 73.2 Å². The maximum atomic E-state index is 13.4. The van der Waals surface area contributed by atoms with Gasteiger partial charge in [0.25, 0.3) is 0 Å². The Morgan fingerprint density at radius 3 is 2.03 bits per heavy atom. The molecular weight excluding hydrogens is 380 g/mol. The van der Waals surface area contributed by atoms with E-state index in [9.17, 15) is 13.6 Å². The van der Waals surface area contributed by atoms with Gasteiger partial charge in [-0.25, -0.2) is 8.78 Å². The number of anilines is 1. The Labute approximate surface area is 176 Å². The third-order valence-corrected chi connectivity index (χ3v) is 6.09. The number of amides is 1. The van der Waals surface area contributed by atoms with E-state index in [0.717, 1.165) is 29.7 Å². The number of nitrogens with zero attached hydrogens (tertiary/aromatic N) is 1. The fourth-order valence-electron chi connectivity index (χ4n) is 4.25. The number of hydrogen-bond acceptors (Lipinski definition) is 1. The van der Waals surface area contributed by atoms with Gasteiger partial charge in [-0.15, -0.1) is 0 Å². The predicted octanol–water partition coefficient (Wildman–Crippen LogP) is 6.56. The molecule has 0 spiro atoms. The first-order valence-corrected chi connectivity index (χ1v) is 10.3. The topological polar surface area (TPSA) is 20.3 Å². The van der Waals surface area contributed by atoms with E-state index in [4.69, 9.17) is 0 Å². The van der Waals surface area contributed by atoms with Gasteiger partial charge in [0.2, 0.25) is 5.91 Å². The Balaban J connectivity index is 1.55. The molecule has 2 nitrogen and oxygen atoms in total. The first-order chi connectivity index (χ1) is 14.4. The third kappa shape index (κ3) is 4.00. The molecule has 0 saturated carbocycles. The van der Waals surface area contributed by atoms with E-state index < -0.39 is 0 Å². The van der Waals surface area contributed by atoms with Gasteiger partial charge in [-0.1, -0.05) is 48.9 Å². The predicted molar refractivity (Wildman–Crippen MR) is 115 cm³/mol. The summed E-state index contributed by atoms with van der Waals surface area (Å²) >= 11 is 0. The van der Waals surface area contributed by atoms with Gasteiger partial charge in [0, 0.05) is 5.69 Å². The van der Waals surface area contributed by atoms with Crippen molar-refractivity contribution in [2.24, 2.45) is 5.92 Å². The largest absolute Gasteiger partial charge is 0.304 e. The summed E-state index contributed by atoms with van der Waals surface area (Å²) in [7, 11) is 0. The summed E-state index contributed by atoms with van der Waals surface area (Å²) in [5.74, 6) is -0.381. The number of benzene rings is 3. The average Bonchev–Trinajstić information content (AvgIpc) is 2.74. The van der Waals surface area contributed by atoms with Crippen LogP contribution in [0.4, 0.5) is 14.5 Å². The summed E-state index contributed by atoms with van der Waals surface area (Å²) in [6, 6.07) is 20.9. The van der Waals surface area contributed by atoms with Crippen LogP contribution < -0.4 is 4.90 Å². The normalized spacial score (nSPS) is 19.5. The Hall–Kier alpha value is -3.01. The molecule has 1 saturated heterocycles. The van der Waals surface area contributed by atoms with E-state index in [1.54, 1.807) is 17.0 Å². The molecule has 154 valence electrons. The summed E-state index contributed by atoms with van der Waals surface area (Å²) in [6.07, 6.45) is 1.58. The SMILES string of the molecule is Cc1ccc([C@@H]2C(CC[C@H](C)c3ccc(F)cc3)C(=O)N2c2ccc(F)cc2)cc1. The molecule has 1 aliphatic heterocycles. The van der Waals surface area contributed by atoms with Crippen molar-refractivity contribution in [1.82, 2.24) is 0 Å². The van der Waals surface area contributed by atoms with Crippen LogP contribution in [0.1, 0.15) is 48.4 Å². The zero-order valence-corrected chi connectivity index (χ0v) is 17.2. The molecule has 3 aromatic carbocycles. The van der Waals surface area contributed by atoms with Crippen molar-refractivity contribution < 1.29 is 13.6 Å². The second kappa shape index (κ2) is 8.39. The maximum absolute atomic E-state index is 13.4. The minimum absolute atomic E-state index is 0.0658. The lowest BCUT2D eigenvalue weighted by Crippen LogP contribution is -2.55. The standard InChI is InChI=1S/C26H25F2NO/c1-17-3-6-20(7-4-17)25-24(16-5-18(2)19-8-10-21(27)11-9-19)26(30)29(25)23-14-12-22(28)13-15-23/h3-4,6-15,18,24-25H,5,16H2,1-2H3/t18-,24?,25+/m0/s1. The number of aryl methyl sites for hydroxylation is 1. The van der Waals surface area contributed by atoms with Crippen LogP contribution >= 0.6 is 0 Å². The van der Waals surface area contributed by atoms with Crippen LogP contribution in [0.15, 0.2) is 72.8 Å². The van der Waals surface area contributed by atoms with E-state index in [-0.39, 0.29) is 35.4 Å². The molecule has 3 aromatic rings. The third-order valence-electron chi connectivity index (χ3n) is 6.09. The highest BCUT2D eigenvalue weighted by Crippen LogP contribution is 2.46. The molecule has 0 N–H and O–H groups in total. The minimum atomic E-state index is -0.316. The number of hydrogen-bond donors (Lipinski definition) is 0. The number of β-lactam (4-membered cyclic amide) rings is 1. The summed E-state index contributed by atoms with van der Waals surface area (Å²) in [5, 5.41) is 0. The smallest absolute Gasteiger partial charge is 0.233 e. The van der Waals surface area contributed by atoms with E-state index >= 15 is 0 Å². The quantitative estimate of drug-likeness (QED) is 0.425. The van der Waals surface area contributed by atoms with Crippen LogP contribution in [0.2, 0.25) is 0 Å². The van der Waals surface area contributed by atoms with Gasteiger partial charge in [0.1, 0.15) is 11.6 Å². The zero-order chi connectivity index (χ0) is 21.3. The molecule has 1 heterocycles. The van der Waals surface area contributed by atoms with Gasteiger partial charge in [0.05, 0.1) is 12.0 Å². The second-order valence-electron chi connectivity index (χ2n) is 8.18. The Morgan fingerprint density at radius 1 is 0.867 bits per heavy atom. The van der Waals surface area contributed by atoms with Crippen molar-refractivity contribution in [2.75, 3.05) is 4.90 Å². The second-order valence-corrected chi connectivity index (χ2v) is 8.18. The van der Waals surface area contributed by atoms with Crippen molar-refractivity contribution in [3.63, 3.8) is 0 Å². The number of carbonyl (C=O) groups excluding carboxylic acids is 1. The number of rotatable bonds is 6. The van der Waals surface area contributed by atoms with Gasteiger partial charge in [0.15, 0.2) is 0 Å². The van der Waals surface area contributed by atoms with Gasteiger partial charge >= 0.3 is 0 Å². The van der Waals surface area contributed by atoms with Crippen molar-refractivity contribution in [1.29, 1.82) is 0 Å². The molecule has 1 unspecified atom stereocenters. The number of halogens is 2. The molecular formula is C26H25F2NO. The summed E-state index contributed by atoms with van der Waals surface area (Å²) < 4.78 is 26.6. The molecule has 0 aliphatic carbocycles. The Bertz CT molecular complexity index is 1010. The van der Waals surface area contributed by atoms with E-state index in [0.29, 0.717) is 0 Å². The molecule has 1 fully saturated rings. The van der Waals surface area contributed by atoms with Crippen molar-refractivity contribution in [3.8, 4) is 0 Å². The first-order valence-electron chi connectivity index (χ1n) is 10.3. The molecule has 4 heteroatoms. The molecule has 0 radical (unpaired) electrons. The lowest BCUT2D eigenvalue weighted by molar-refractivity contribution is -0.130. The highest BCUT2D eigenvalue weighted by atomic mass is 19.1. The van der Waals surface area contributed by atoms with Crippen molar-refractivity contribution in [3.05, 3.63) is 101 Å². The fourth-order valence-corrected chi connectivity index (χ4v) is 4.25. The van der Waals surface area contributed by atoms with Gasteiger partial charge in [-0.3, -0.25) is 4.79 Å². The van der Waals surface area contributed by atoms with Crippen LogP contribution in [0.5, 0.6) is 0 Å². The van der Waals surface area contributed by atoms with E-state index in [2.05, 4.69) is 31.2 Å². The van der Waals surface area contributed by atoms with Crippen molar-refractivity contribution in [2.45, 2.75) is 38.6 Å². The highest BCUT2D eigenvalue weighted by Gasteiger charge is 2.48. The highest BCUT2D eigenvalue weighted by molar-refractivity contribution is 6.03. The summed E-state index contributed by atoms with van der Waals surface area (Å²) in [4.78, 5) is 14.8. The molecule has 4 rings (SSSR count). The van der Waals surface area contributed by atoms with Gasteiger partial charge in [-0.2, -0.15) is 0 Å². The van der Waals surface area contributed by atoms with Crippen LogP contribution in [-0.2, 0) is 4.79 Å². The molecule has 0 aromatic heterocycles. The lowest BCUT2D eigenvalue weighted by Gasteiger charge is -2.48. The van der Waals surface area contributed by atoms with E-state index in [1.807, 2.05) is 19.1 Å². The molecule has 30 heavy (non-hydrogen) atoms. The summed E-state index contributed by atoms with van der Waals surface area (Å²) in [5.41, 5.74) is 4.04. The van der Waals surface area contributed by atoms with Gasteiger partial charge < -0.3 is 4.90 Å². The van der Waals surface area contributed by atoms with Crippen molar-refractivity contribution >= 4 is 11.6 Å². The first kappa shape index (κ1) is 20.3. The van der Waals surface area contributed by atoms with Crippen LogP contribution in [0.25, 0.3) is 0 Å². The molecule has 0 bridgehead atoms. The monoisotopic (exact) mass is 405 g/mol. The lowest BCUT2D eigenvalue weighted by atomic mass is 9.77. The van der Waals surface area contributed by atoms with Crippen LogP contribution in [0.3, 0.4) is 0 Å². The molecule has 1 amide bonds. The van der Waals surface area contributed by atoms with Crippen LogP contribution in [-0.4, -0.2) is 5.91 Å². The minimum Gasteiger partial charge on any atom is -0.304 e. The zero-order valence-electron chi connectivity index (χ0n) is 17.2. The molecule has 3 atom stereocenters. The average molecular weight is 405 g/mol. The maximum Gasteiger partial charge on any atom is 0.233 e. The fraction of sp³-hybridized carbons (Fsp3) is 0.269. The Morgan fingerprint density at radius 2 is 1.43 bits per heavy atom.